The standard InChI is InChI=1S/C76H42O2/c1-2-22-50-49(21-1)69(43-33-37-65-55(41-43)73-67(77-65)39-35-63-71(73)53-25-9-15-31-61(53)75(63)57-27-11-5-17-45(57)46-18-6-12-28-58(46)75)51-23-3-4-24-52(51)70(50)44-34-38-66-56(42-44)74-68(78-66)40-36-64-72(74)54-26-10-16-32-62(54)76(64)59-29-13-7-19-47(59)48-20-8-14-30-60(48)76/h1-42H. The third-order valence-electron chi connectivity index (χ3n) is 18.7. The molecule has 0 saturated heterocycles. The summed E-state index contributed by atoms with van der Waals surface area (Å²) in [6.45, 7) is 0. The van der Waals surface area contributed by atoms with Crippen LogP contribution in [0, 0.1) is 0 Å². The van der Waals surface area contributed by atoms with E-state index in [2.05, 4.69) is 255 Å². The molecule has 13 aromatic carbocycles. The van der Waals surface area contributed by atoms with Gasteiger partial charge in [-0.3, -0.25) is 0 Å². The number of hydrogen-bond acceptors (Lipinski definition) is 2. The van der Waals surface area contributed by atoms with Crippen LogP contribution in [0.25, 0.3) is 132 Å². The summed E-state index contributed by atoms with van der Waals surface area (Å²) in [5, 5.41) is 9.42. The zero-order chi connectivity index (χ0) is 50.6. The minimum atomic E-state index is -0.441. The summed E-state index contributed by atoms with van der Waals surface area (Å²) >= 11 is 0. The van der Waals surface area contributed by atoms with Crippen LogP contribution in [-0.2, 0) is 10.8 Å². The van der Waals surface area contributed by atoms with Gasteiger partial charge in [0.05, 0.1) is 10.8 Å². The van der Waals surface area contributed by atoms with Crippen LogP contribution < -0.4 is 0 Å². The summed E-state index contributed by atoms with van der Waals surface area (Å²) in [7, 11) is 0. The Balaban J connectivity index is 0.837. The van der Waals surface area contributed by atoms with E-state index in [-0.39, 0.29) is 0 Å². The van der Waals surface area contributed by atoms with E-state index in [1.165, 1.54) is 132 Å². The van der Waals surface area contributed by atoms with Gasteiger partial charge in [-0.1, -0.05) is 218 Å². The van der Waals surface area contributed by atoms with Crippen LogP contribution in [-0.4, -0.2) is 0 Å². The van der Waals surface area contributed by atoms with Gasteiger partial charge < -0.3 is 8.83 Å². The number of furan rings is 2. The summed E-state index contributed by atoms with van der Waals surface area (Å²) in [5.41, 5.74) is 28.4. The van der Waals surface area contributed by atoms with Crippen molar-refractivity contribution in [2.75, 3.05) is 0 Å². The smallest absolute Gasteiger partial charge is 0.136 e. The van der Waals surface area contributed by atoms with Crippen LogP contribution in [0.15, 0.2) is 264 Å². The Hall–Kier alpha value is -10.0. The Bertz CT molecular complexity index is 4760. The highest BCUT2D eigenvalue weighted by Crippen LogP contribution is 2.66. The summed E-state index contributed by atoms with van der Waals surface area (Å²) in [5.74, 6) is 0. The zero-order valence-electron chi connectivity index (χ0n) is 42.1. The first-order chi connectivity index (χ1) is 38.7. The molecule has 2 spiro atoms. The third kappa shape index (κ3) is 4.76. The molecule has 0 atom stereocenters. The maximum absolute atomic E-state index is 6.88. The first kappa shape index (κ1) is 41.3. The molecule has 0 bridgehead atoms. The van der Waals surface area contributed by atoms with E-state index in [4.69, 9.17) is 8.83 Å². The van der Waals surface area contributed by atoms with Crippen molar-refractivity contribution in [3.63, 3.8) is 0 Å². The molecule has 0 unspecified atom stereocenters. The molecule has 358 valence electrons. The molecule has 2 aromatic heterocycles. The number of hydrogen-bond donors (Lipinski definition) is 0. The maximum atomic E-state index is 6.88. The quantitative estimate of drug-likeness (QED) is 0.161. The van der Waals surface area contributed by atoms with Crippen LogP contribution in [0.3, 0.4) is 0 Å². The average molecular weight is 987 g/mol. The van der Waals surface area contributed by atoms with Gasteiger partial charge in [0.2, 0.25) is 0 Å². The van der Waals surface area contributed by atoms with Gasteiger partial charge in [-0.05, 0) is 169 Å². The molecular formula is C76H42O2. The fraction of sp³-hybridized carbons (Fsp3) is 0.0263. The fourth-order valence-electron chi connectivity index (χ4n) is 16.0. The minimum Gasteiger partial charge on any atom is -0.456 e. The van der Waals surface area contributed by atoms with E-state index >= 15 is 0 Å². The summed E-state index contributed by atoms with van der Waals surface area (Å²) in [4.78, 5) is 0. The van der Waals surface area contributed by atoms with Crippen LogP contribution in [0.5, 0.6) is 0 Å². The lowest BCUT2D eigenvalue weighted by molar-refractivity contribution is 0.668. The van der Waals surface area contributed by atoms with Gasteiger partial charge >= 0.3 is 0 Å². The van der Waals surface area contributed by atoms with Crippen molar-refractivity contribution in [3.8, 4) is 66.8 Å². The summed E-state index contributed by atoms with van der Waals surface area (Å²) < 4.78 is 13.8. The minimum absolute atomic E-state index is 0.441. The lowest BCUT2D eigenvalue weighted by Crippen LogP contribution is -2.25. The van der Waals surface area contributed by atoms with Crippen molar-refractivity contribution in [2.24, 2.45) is 0 Å². The molecule has 2 nitrogen and oxygen atoms in total. The van der Waals surface area contributed by atoms with Gasteiger partial charge in [-0.25, -0.2) is 0 Å². The van der Waals surface area contributed by atoms with Crippen molar-refractivity contribution in [1.82, 2.24) is 0 Å². The van der Waals surface area contributed by atoms with Crippen molar-refractivity contribution in [1.29, 1.82) is 0 Å². The van der Waals surface area contributed by atoms with E-state index in [1.54, 1.807) is 0 Å². The maximum Gasteiger partial charge on any atom is 0.136 e. The molecule has 78 heavy (non-hydrogen) atoms. The molecule has 2 heterocycles. The molecule has 0 N–H and O–H groups in total. The second kappa shape index (κ2) is 14.5. The second-order valence-corrected chi connectivity index (χ2v) is 22.0. The lowest BCUT2D eigenvalue weighted by Gasteiger charge is -2.30. The first-order valence-corrected chi connectivity index (χ1v) is 27.2. The Morgan fingerprint density at radius 1 is 0.205 bits per heavy atom. The first-order valence-electron chi connectivity index (χ1n) is 27.2. The largest absolute Gasteiger partial charge is 0.456 e. The summed E-state index contributed by atoms with van der Waals surface area (Å²) in [6.07, 6.45) is 0. The summed E-state index contributed by atoms with van der Waals surface area (Å²) in [6, 6.07) is 95.3. The molecule has 15 aromatic rings. The van der Waals surface area contributed by atoms with Crippen LogP contribution >= 0.6 is 0 Å². The Morgan fingerprint density at radius 2 is 0.487 bits per heavy atom. The topological polar surface area (TPSA) is 26.3 Å². The van der Waals surface area contributed by atoms with Gasteiger partial charge in [-0.2, -0.15) is 0 Å². The molecule has 0 aliphatic heterocycles. The zero-order valence-corrected chi connectivity index (χ0v) is 42.1. The lowest BCUT2D eigenvalue weighted by atomic mass is 9.70. The van der Waals surface area contributed by atoms with Crippen molar-refractivity contribution < 1.29 is 8.83 Å². The second-order valence-electron chi connectivity index (χ2n) is 22.0. The monoisotopic (exact) mass is 986 g/mol. The van der Waals surface area contributed by atoms with E-state index in [0.29, 0.717) is 0 Å². The Kier molecular flexibility index (Phi) is 7.65. The van der Waals surface area contributed by atoms with Crippen LogP contribution in [0.4, 0.5) is 0 Å². The predicted molar refractivity (Wildman–Crippen MR) is 319 cm³/mol. The molecule has 0 amide bonds. The molecule has 2 heteroatoms. The highest BCUT2D eigenvalue weighted by atomic mass is 16.3. The van der Waals surface area contributed by atoms with E-state index in [1.807, 2.05) is 0 Å². The van der Waals surface area contributed by atoms with Crippen molar-refractivity contribution in [3.05, 3.63) is 299 Å². The molecule has 4 aliphatic rings. The third-order valence-corrected chi connectivity index (χ3v) is 18.7. The van der Waals surface area contributed by atoms with Gasteiger partial charge in [0.15, 0.2) is 0 Å². The SMILES string of the molecule is c1ccc2c(c1)-c1ccccc1C21c2ccccc2-c2c1ccc1oc3ccc(-c4c5ccccc5c(-c5ccc6oc7ccc8c(c7c6c5)-c5ccccc5C85c6ccccc6-c6ccccc65)c5ccccc45)cc3c21. The van der Waals surface area contributed by atoms with Gasteiger partial charge in [0.25, 0.3) is 0 Å². The Morgan fingerprint density at radius 3 is 0.833 bits per heavy atom. The molecule has 19 rings (SSSR count). The molecular weight excluding hydrogens is 945 g/mol. The highest BCUT2D eigenvalue weighted by molar-refractivity contribution is 6.25. The van der Waals surface area contributed by atoms with Gasteiger partial charge in [-0.15, -0.1) is 0 Å². The molecule has 4 aliphatic carbocycles. The van der Waals surface area contributed by atoms with Gasteiger partial charge in [0, 0.05) is 21.5 Å². The number of rotatable bonds is 2. The average Bonchev–Trinajstić information content (AvgIpc) is 3.36. The number of fused-ring (bicyclic) bond motifs is 30. The highest BCUT2D eigenvalue weighted by Gasteiger charge is 2.54. The molecule has 0 fully saturated rings. The van der Waals surface area contributed by atoms with E-state index in [9.17, 15) is 0 Å². The molecule has 0 radical (unpaired) electrons. The van der Waals surface area contributed by atoms with Crippen LogP contribution in [0.1, 0.15) is 44.5 Å². The predicted octanol–water partition coefficient (Wildman–Crippen LogP) is 19.8. The van der Waals surface area contributed by atoms with Crippen molar-refractivity contribution >= 4 is 65.4 Å². The fourth-order valence-corrected chi connectivity index (χ4v) is 16.0. The van der Waals surface area contributed by atoms with Crippen LogP contribution in [0.2, 0.25) is 0 Å². The van der Waals surface area contributed by atoms with Crippen molar-refractivity contribution in [2.45, 2.75) is 10.8 Å². The van der Waals surface area contributed by atoms with Gasteiger partial charge in [0.1, 0.15) is 22.3 Å². The normalized spacial score (nSPS) is 14.4. The molecule has 0 saturated carbocycles. The van der Waals surface area contributed by atoms with E-state index < -0.39 is 10.8 Å². The van der Waals surface area contributed by atoms with E-state index in [0.717, 1.165) is 44.2 Å². The number of benzene rings is 13. The Labute approximate surface area is 448 Å².